The molecule has 4 heteroatoms. The molecule has 1 aliphatic heterocycles. The smallest absolute Gasteiger partial charge is 0.221 e. The molecule has 0 aromatic carbocycles. The third-order valence-electron chi connectivity index (χ3n) is 3.47. The van der Waals surface area contributed by atoms with Crippen molar-refractivity contribution in [2.24, 2.45) is 5.92 Å². The zero-order valence-electron chi connectivity index (χ0n) is 11.5. The molecule has 0 bridgehead atoms. The van der Waals surface area contributed by atoms with Crippen molar-refractivity contribution < 1.29 is 4.79 Å². The van der Waals surface area contributed by atoms with Gasteiger partial charge in [0.25, 0.3) is 0 Å². The number of carbonyl (C=O) groups is 1. The predicted molar refractivity (Wildman–Crippen MR) is 71.0 cm³/mol. The lowest BCUT2D eigenvalue weighted by Gasteiger charge is -2.35. The van der Waals surface area contributed by atoms with E-state index >= 15 is 0 Å². The molecule has 0 aromatic rings. The van der Waals surface area contributed by atoms with E-state index in [-0.39, 0.29) is 5.91 Å². The maximum Gasteiger partial charge on any atom is 0.221 e. The normalized spacial score (nSPS) is 21.8. The highest BCUT2D eigenvalue weighted by atomic mass is 16.1. The summed E-state index contributed by atoms with van der Waals surface area (Å²) in [6.07, 6.45) is 3.09. The summed E-state index contributed by atoms with van der Waals surface area (Å²) in [6, 6.07) is 0.623. The fourth-order valence-electron chi connectivity index (χ4n) is 2.32. The first-order valence-corrected chi connectivity index (χ1v) is 6.78. The SMILES string of the molecule is CNCCC(=O)NCC1CCCN(C(C)C)C1. The molecule has 1 saturated heterocycles. The average molecular weight is 241 g/mol. The first-order chi connectivity index (χ1) is 8.13. The minimum Gasteiger partial charge on any atom is -0.356 e. The lowest BCUT2D eigenvalue weighted by atomic mass is 9.97. The quantitative estimate of drug-likeness (QED) is 0.724. The summed E-state index contributed by atoms with van der Waals surface area (Å²) in [6.45, 7) is 8.42. The molecule has 1 unspecified atom stereocenters. The van der Waals surface area contributed by atoms with Crippen LogP contribution >= 0.6 is 0 Å². The molecule has 0 saturated carbocycles. The number of nitrogens with one attached hydrogen (secondary N) is 2. The molecule has 4 nitrogen and oxygen atoms in total. The van der Waals surface area contributed by atoms with E-state index in [1.165, 1.54) is 19.4 Å². The number of hydrogen-bond acceptors (Lipinski definition) is 3. The first-order valence-electron chi connectivity index (χ1n) is 6.78. The van der Waals surface area contributed by atoms with Crippen molar-refractivity contribution in [3.8, 4) is 0 Å². The van der Waals surface area contributed by atoms with Crippen LogP contribution in [0.15, 0.2) is 0 Å². The van der Waals surface area contributed by atoms with Gasteiger partial charge in [0.15, 0.2) is 0 Å². The minimum atomic E-state index is 0.168. The maximum atomic E-state index is 11.5. The number of hydrogen-bond donors (Lipinski definition) is 2. The Morgan fingerprint density at radius 1 is 1.47 bits per heavy atom. The van der Waals surface area contributed by atoms with Gasteiger partial charge in [-0.05, 0) is 46.2 Å². The fourth-order valence-corrected chi connectivity index (χ4v) is 2.32. The Labute approximate surface area is 105 Å². The van der Waals surface area contributed by atoms with Gasteiger partial charge < -0.3 is 15.5 Å². The lowest BCUT2D eigenvalue weighted by molar-refractivity contribution is -0.121. The van der Waals surface area contributed by atoms with E-state index in [4.69, 9.17) is 0 Å². The summed E-state index contributed by atoms with van der Waals surface area (Å²) in [5.74, 6) is 0.797. The van der Waals surface area contributed by atoms with Gasteiger partial charge in [-0.15, -0.1) is 0 Å². The van der Waals surface area contributed by atoms with Gasteiger partial charge in [-0.3, -0.25) is 4.79 Å². The molecule has 0 aromatic heterocycles. The van der Waals surface area contributed by atoms with Crippen molar-refractivity contribution in [3.63, 3.8) is 0 Å². The zero-order valence-corrected chi connectivity index (χ0v) is 11.5. The molecular formula is C13H27N3O. The Kier molecular flexibility index (Phi) is 6.52. The van der Waals surface area contributed by atoms with Gasteiger partial charge in [-0.1, -0.05) is 0 Å². The number of piperidine rings is 1. The predicted octanol–water partition coefficient (Wildman–Crippen LogP) is 0.833. The summed E-state index contributed by atoms with van der Waals surface area (Å²) in [5, 5.41) is 6.03. The number of amides is 1. The van der Waals surface area contributed by atoms with E-state index < -0.39 is 0 Å². The van der Waals surface area contributed by atoms with Crippen molar-refractivity contribution in [2.75, 3.05) is 33.2 Å². The van der Waals surface area contributed by atoms with E-state index in [2.05, 4.69) is 29.4 Å². The zero-order chi connectivity index (χ0) is 12.7. The molecule has 1 heterocycles. The number of likely N-dealkylation sites (tertiary alicyclic amines) is 1. The number of rotatable bonds is 6. The highest BCUT2D eigenvalue weighted by molar-refractivity contribution is 5.76. The summed E-state index contributed by atoms with van der Waals surface area (Å²) in [4.78, 5) is 14.0. The van der Waals surface area contributed by atoms with Gasteiger partial charge in [-0.2, -0.15) is 0 Å². The fraction of sp³-hybridized carbons (Fsp3) is 0.923. The van der Waals surface area contributed by atoms with Crippen LogP contribution in [0.4, 0.5) is 0 Å². The van der Waals surface area contributed by atoms with Crippen LogP contribution in [0.1, 0.15) is 33.1 Å². The van der Waals surface area contributed by atoms with Crippen molar-refractivity contribution in [2.45, 2.75) is 39.2 Å². The summed E-state index contributed by atoms with van der Waals surface area (Å²) < 4.78 is 0. The molecular weight excluding hydrogens is 214 g/mol. The Balaban J connectivity index is 2.20. The molecule has 2 N–H and O–H groups in total. The van der Waals surface area contributed by atoms with Crippen LogP contribution in [0.3, 0.4) is 0 Å². The molecule has 1 amide bonds. The van der Waals surface area contributed by atoms with Crippen LogP contribution in [-0.2, 0) is 4.79 Å². The lowest BCUT2D eigenvalue weighted by Crippen LogP contribution is -2.43. The Morgan fingerprint density at radius 2 is 2.24 bits per heavy atom. The third kappa shape index (κ3) is 5.50. The highest BCUT2D eigenvalue weighted by Gasteiger charge is 2.21. The van der Waals surface area contributed by atoms with Gasteiger partial charge >= 0.3 is 0 Å². The summed E-state index contributed by atoms with van der Waals surface area (Å²) in [7, 11) is 1.87. The Bertz CT molecular complexity index is 231. The molecule has 17 heavy (non-hydrogen) atoms. The van der Waals surface area contributed by atoms with Crippen molar-refractivity contribution in [3.05, 3.63) is 0 Å². The van der Waals surface area contributed by atoms with Gasteiger partial charge in [0, 0.05) is 32.1 Å². The van der Waals surface area contributed by atoms with Crippen LogP contribution in [0.2, 0.25) is 0 Å². The topological polar surface area (TPSA) is 44.4 Å². The van der Waals surface area contributed by atoms with E-state index in [1.807, 2.05) is 7.05 Å². The van der Waals surface area contributed by atoms with Crippen LogP contribution in [0.5, 0.6) is 0 Å². The second-order valence-corrected chi connectivity index (χ2v) is 5.25. The van der Waals surface area contributed by atoms with E-state index in [9.17, 15) is 4.79 Å². The van der Waals surface area contributed by atoms with Gasteiger partial charge in [0.1, 0.15) is 0 Å². The van der Waals surface area contributed by atoms with Gasteiger partial charge in [0.05, 0.1) is 0 Å². The Hall–Kier alpha value is -0.610. The molecule has 1 aliphatic rings. The molecule has 1 fully saturated rings. The molecule has 100 valence electrons. The van der Waals surface area contributed by atoms with Crippen LogP contribution in [0, 0.1) is 5.92 Å². The van der Waals surface area contributed by atoms with E-state index in [0.717, 1.165) is 19.6 Å². The molecule has 1 rings (SSSR count). The van der Waals surface area contributed by atoms with E-state index in [0.29, 0.717) is 18.4 Å². The molecule has 0 aliphatic carbocycles. The maximum absolute atomic E-state index is 11.5. The number of nitrogens with zero attached hydrogens (tertiary/aromatic N) is 1. The minimum absolute atomic E-state index is 0.168. The summed E-state index contributed by atoms with van der Waals surface area (Å²) >= 11 is 0. The van der Waals surface area contributed by atoms with Crippen molar-refractivity contribution >= 4 is 5.91 Å². The number of carbonyl (C=O) groups excluding carboxylic acids is 1. The van der Waals surface area contributed by atoms with Crippen molar-refractivity contribution in [1.29, 1.82) is 0 Å². The van der Waals surface area contributed by atoms with Crippen LogP contribution < -0.4 is 10.6 Å². The third-order valence-corrected chi connectivity index (χ3v) is 3.47. The Morgan fingerprint density at radius 3 is 2.88 bits per heavy atom. The second kappa shape index (κ2) is 7.67. The standard InChI is InChI=1S/C13H27N3O/c1-11(2)16-8-4-5-12(10-16)9-15-13(17)6-7-14-3/h11-12,14H,4-10H2,1-3H3,(H,15,17). The van der Waals surface area contributed by atoms with Crippen LogP contribution in [0.25, 0.3) is 0 Å². The highest BCUT2D eigenvalue weighted by Crippen LogP contribution is 2.17. The monoisotopic (exact) mass is 241 g/mol. The van der Waals surface area contributed by atoms with Gasteiger partial charge in [-0.25, -0.2) is 0 Å². The van der Waals surface area contributed by atoms with E-state index in [1.54, 1.807) is 0 Å². The average Bonchev–Trinajstić information content (AvgIpc) is 2.34. The van der Waals surface area contributed by atoms with Gasteiger partial charge in [0.2, 0.25) is 5.91 Å². The first kappa shape index (κ1) is 14.5. The largest absolute Gasteiger partial charge is 0.356 e. The summed E-state index contributed by atoms with van der Waals surface area (Å²) in [5.41, 5.74) is 0. The van der Waals surface area contributed by atoms with Crippen LogP contribution in [-0.4, -0.2) is 50.1 Å². The molecule has 1 atom stereocenters. The molecule has 0 radical (unpaired) electrons. The van der Waals surface area contributed by atoms with Crippen molar-refractivity contribution in [1.82, 2.24) is 15.5 Å². The second-order valence-electron chi connectivity index (χ2n) is 5.25. The molecule has 0 spiro atoms.